The summed E-state index contributed by atoms with van der Waals surface area (Å²) in [4.78, 5) is 22.0. The third kappa shape index (κ3) is 6.16. The predicted molar refractivity (Wildman–Crippen MR) is 85.3 cm³/mol. The molecule has 0 unspecified atom stereocenters. The molecule has 1 amide bonds. The Morgan fingerprint density at radius 2 is 1.91 bits per heavy atom. The highest BCUT2D eigenvalue weighted by Crippen LogP contribution is 2.26. The number of hydrogen-bond acceptors (Lipinski definition) is 3. The lowest BCUT2D eigenvalue weighted by atomic mass is 10.0. The first-order chi connectivity index (χ1) is 10.4. The molecule has 0 aliphatic heterocycles. The van der Waals surface area contributed by atoms with E-state index in [1.54, 1.807) is 7.11 Å². The number of carbonyl (C=O) groups excluding carboxylic acids is 1. The summed E-state index contributed by atoms with van der Waals surface area (Å²) in [7, 11) is 1.66. The fourth-order valence-corrected chi connectivity index (χ4v) is 2.52. The molecule has 122 valence electrons. The number of nitrogens with one attached hydrogen (secondary N) is 1. The van der Waals surface area contributed by atoms with E-state index < -0.39 is 5.97 Å². The van der Waals surface area contributed by atoms with Crippen LogP contribution in [0.3, 0.4) is 0 Å². The Labute approximate surface area is 131 Å². The summed E-state index contributed by atoms with van der Waals surface area (Å²) in [6.45, 7) is 4.48. The van der Waals surface area contributed by atoms with Crippen LogP contribution >= 0.6 is 0 Å². The summed E-state index contributed by atoms with van der Waals surface area (Å²) in [5.74, 6) is 0.0253. The largest absolute Gasteiger partial charge is 0.496 e. The zero-order valence-corrected chi connectivity index (χ0v) is 13.6. The first kappa shape index (κ1) is 18.0. The molecule has 1 rings (SSSR count). The number of methoxy groups -OCH3 is 1. The normalized spacial score (nSPS) is 10.3. The Balaban J connectivity index is 2.38. The Kier molecular flexibility index (Phi) is 7.43. The summed E-state index contributed by atoms with van der Waals surface area (Å²) >= 11 is 0. The summed E-state index contributed by atoms with van der Waals surface area (Å²) in [6.07, 6.45) is 2.51. The van der Waals surface area contributed by atoms with Crippen LogP contribution in [-0.4, -0.2) is 30.6 Å². The van der Waals surface area contributed by atoms with Crippen molar-refractivity contribution in [1.82, 2.24) is 5.32 Å². The topological polar surface area (TPSA) is 75.6 Å². The lowest BCUT2D eigenvalue weighted by Gasteiger charge is -2.12. The minimum Gasteiger partial charge on any atom is -0.496 e. The van der Waals surface area contributed by atoms with E-state index in [1.165, 1.54) is 5.56 Å². The van der Waals surface area contributed by atoms with E-state index in [-0.39, 0.29) is 12.3 Å². The van der Waals surface area contributed by atoms with Gasteiger partial charge in [0.2, 0.25) is 5.91 Å². The van der Waals surface area contributed by atoms with Crippen LogP contribution in [0.5, 0.6) is 5.75 Å². The molecule has 0 aromatic heterocycles. The van der Waals surface area contributed by atoms with Crippen LogP contribution in [0.2, 0.25) is 0 Å². The molecule has 22 heavy (non-hydrogen) atoms. The molecule has 0 spiro atoms. The maximum Gasteiger partial charge on any atom is 0.303 e. The summed E-state index contributed by atoms with van der Waals surface area (Å²) < 4.78 is 5.43. The number of aliphatic carboxylic acids is 1. The number of carboxylic acid groups (broad SMARTS) is 1. The predicted octanol–water partition coefficient (Wildman–Crippen LogP) is 2.62. The maximum atomic E-state index is 11.7. The minimum absolute atomic E-state index is 0.0336. The van der Waals surface area contributed by atoms with Crippen molar-refractivity contribution in [2.75, 3.05) is 13.7 Å². The molecule has 0 bridgehead atoms. The van der Waals surface area contributed by atoms with Crippen LogP contribution in [0, 0.1) is 13.8 Å². The number of carboxylic acids is 1. The second kappa shape index (κ2) is 9.07. The van der Waals surface area contributed by atoms with Crippen LogP contribution < -0.4 is 10.1 Å². The number of amides is 1. The van der Waals surface area contributed by atoms with Crippen molar-refractivity contribution in [2.45, 2.75) is 46.0 Å². The van der Waals surface area contributed by atoms with Crippen molar-refractivity contribution in [2.24, 2.45) is 0 Å². The Hall–Kier alpha value is -2.04. The van der Waals surface area contributed by atoms with Gasteiger partial charge < -0.3 is 15.2 Å². The zero-order chi connectivity index (χ0) is 16.5. The average Bonchev–Trinajstić information content (AvgIpc) is 2.43. The molecule has 0 heterocycles. The van der Waals surface area contributed by atoms with Gasteiger partial charge in [0.1, 0.15) is 5.75 Å². The van der Waals surface area contributed by atoms with E-state index in [1.807, 2.05) is 13.8 Å². The monoisotopic (exact) mass is 307 g/mol. The van der Waals surface area contributed by atoms with E-state index in [0.29, 0.717) is 19.4 Å². The first-order valence-electron chi connectivity index (χ1n) is 7.56. The van der Waals surface area contributed by atoms with Gasteiger partial charge in [-0.2, -0.15) is 0 Å². The lowest BCUT2D eigenvalue weighted by molar-refractivity contribution is -0.137. The SMILES string of the molecule is COc1c(C)cc(C)cc1CCCC(=O)NCCCC(=O)O. The molecule has 1 aromatic rings. The Morgan fingerprint density at radius 3 is 2.55 bits per heavy atom. The number of rotatable bonds is 9. The number of carbonyl (C=O) groups is 2. The molecule has 5 heteroatoms. The van der Waals surface area contributed by atoms with Gasteiger partial charge in [0.25, 0.3) is 0 Å². The van der Waals surface area contributed by atoms with E-state index in [0.717, 1.165) is 29.7 Å². The van der Waals surface area contributed by atoms with E-state index in [9.17, 15) is 9.59 Å². The second-order valence-electron chi connectivity index (χ2n) is 5.47. The fraction of sp³-hybridized carbons (Fsp3) is 0.529. The zero-order valence-electron chi connectivity index (χ0n) is 13.6. The number of hydrogen-bond donors (Lipinski definition) is 2. The summed E-state index contributed by atoms with van der Waals surface area (Å²) in [6, 6.07) is 4.17. The van der Waals surface area contributed by atoms with E-state index >= 15 is 0 Å². The van der Waals surface area contributed by atoms with Crippen molar-refractivity contribution in [1.29, 1.82) is 0 Å². The highest BCUT2D eigenvalue weighted by atomic mass is 16.5. The quantitative estimate of drug-likeness (QED) is 0.688. The van der Waals surface area contributed by atoms with Crippen molar-refractivity contribution in [3.8, 4) is 5.75 Å². The van der Waals surface area contributed by atoms with Crippen LogP contribution in [0.1, 0.15) is 42.4 Å². The Morgan fingerprint density at radius 1 is 1.18 bits per heavy atom. The molecule has 0 aliphatic rings. The summed E-state index contributed by atoms with van der Waals surface area (Å²) in [5, 5.41) is 11.3. The van der Waals surface area contributed by atoms with Crippen LogP contribution in [-0.2, 0) is 16.0 Å². The molecular weight excluding hydrogens is 282 g/mol. The average molecular weight is 307 g/mol. The third-order valence-corrected chi connectivity index (χ3v) is 3.44. The van der Waals surface area contributed by atoms with Gasteiger partial charge in [-0.05, 0) is 44.2 Å². The minimum atomic E-state index is -0.837. The van der Waals surface area contributed by atoms with Crippen molar-refractivity contribution < 1.29 is 19.4 Å². The number of ether oxygens (including phenoxy) is 1. The molecule has 0 fully saturated rings. The molecule has 0 radical (unpaired) electrons. The van der Waals surface area contributed by atoms with Gasteiger partial charge in [-0.1, -0.05) is 17.7 Å². The van der Waals surface area contributed by atoms with Gasteiger partial charge >= 0.3 is 5.97 Å². The first-order valence-corrected chi connectivity index (χ1v) is 7.56. The molecular formula is C17H25NO4. The molecule has 0 saturated carbocycles. The maximum absolute atomic E-state index is 11.7. The second-order valence-corrected chi connectivity index (χ2v) is 5.47. The van der Waals surface area contributed by atoms with Gasteiger partial charge in [0.05, 0.1) is 7.11 Å². The van der Waals surface area contributed by atoms with E-state index in [4.69, 9.17) is 9.84 Å². The van der Waals surface area contributed by atoms with Gasteiger partial charge in [-0.25, -0.2) is 0 Å². The fourth-order valence-electron chi connectivity index (χ4n) is 2.52. The molecule has 0 aliphatic carbocycles. The standard InChI is InChI=1S/C17H25NO4/c1-12-10-13(2)17(22-3)14(11-12)6-4-7-15(19)18-9-5-8-16(20)21/h10-11H,4-9H2,1-3H3,(H,18,19)(H,20,21). The van der Waals surface area contributed by atoms with Gasteiger partial charge in [-0.15, -0.1) is 0 Å². The lowest BCUT2D eigenvalue weighted by Crippen LogP contribution is -2.24. The smallest absolute Gasteiger partial charge is 0.303 e. The van der Waals surface area contributed by atoms with Crippen molar-refractivity contribution in [3.63, 3.8) is 0 Å². The number of aryl methyl sites for hydroxylation is 3. The van der Waals surface area contributed by atoms with Crippen LogP contribution in [0.4, 0.5) is 0 Å². The Bertz CT molecular complexity index is 526. The third-order valence-electron chi connectivity index (χ3n) is 3.44. The van der Waals surface area contributed by atoms with Crippen LogP contribution in [0.15, 0.2) is 12.1 Å². The highest BCUT2D eigenvalue weighted by Gasteiger charge is 2.09. The highest BCUT2D eigenvalue weighted by molar-refractivity contribution is 5.75. The van der Waals surface area contributed by atoms with Crippen molar-refractivity contribution >= 4 is 11.9 Å². The molecule has 1 aromatic carbocycles. The van der Waals surface area contributed by atoms with Gasteiger partial charge in [-0.3, -0.25) is 9.59 Å². The van der Waals surface area contributed by atoms with E-state index in [2.05, 4.69) is 17.4 Å². The summed E-state index contributed by atoms with van der Waals surface area (Å²) in [5.41, 5.74) is 3.42. The van der Waals surface area contributed by atoms with Gasteiger partial charge in [0, 0.05) is 19.4 Å². The molecule has 5 nitrogen and oxygen atoms in total. The number of benzene rings is 1. The van der Waals surface area contributed by atoms with Gasteiger partial charge in [0.15, 0.2) is 0 Å². The molecule has 0 atom stereocenters. The van der Waals surface area contributed by atoms with Crippen LogP contribution in [0.25, 0.3) is 0 Å². The molecule has 0 saturated heterocycles. The molecule has 2 N–H and O–H groups in total. The van der Waals surface area contributed by atoms with Crippen molar-refractivity contribution in [3.05, 3.63) is 28.8 Å².